The number of hydrogen-bond donors (Lipinski definition) is 2. The highest BCUT2D eigenvalue weighted by Crippen LogP contribution is 2.29. The lowest BCUT2D eigenvalue weighted by Crippen LogP contribution is -2.48. The molecule has 0 spiro atoms. The number of rotatable bonds is 5. The summed E-state index contributed by atoms with van der Waals surface area (Å²) in [5.41, 5.74) is 6.00. The van der Waals surface area contributed by atoms with E-state index in [1.165, 1.54) is 0 Å². The standard InChI is InChI=1S/C18H22N6O3/c25-16(14-6-3-11-24(14)17(26)13-4-1-2-5-13)21-22-18-20-15(23-27-18)12-7-9-19-10-8-12/h7-10,13-14H,1-6,11H2,(H,21,25)(H,20,22,23). The predicted molar refractivity (Wildman–Crippen MR) is 96.0 cm³/mol. The minimum atomic E-state index is -0.451. The molecule has 1 saturated heterocycles. The van der Waals surface area contributed by atoms with Crippen LogP contribution in [0.3, 0.4) is 0 Å². The van der Waals surface area contributed by atoms with Crippen LogP contribution in [0.25, 0.3) is 11.4 Å². The van der Waals surface area contributed by atoms with Crippen molar-refractivity contribution in [2.24, 2.45) is 5.92 Å². The highest BCUT2D eigenvalue weighted by atomic mass is 16.5. The first-order valence-corrected chi connectivity index (χ1v) is 9.33. The van der Waals surface area contributed by atoms with Gasteiger partial charge in [-0.1, -0.05) is 18.0 Å². The fraction of sp³-hybridized carbons (Fsp3) is 0.500. The summed E-state index contributed by atoms with van der Waals surface area (Å²) in [5.74, 6) is 0.323. The first kappa shape index (κ1) is 17.4. The number of carbonyl (C=O) groups is 2. The molecule has 1 atom stereocenters. The van der Waals surface area contributed by atoms with E-state index >= 15 is 0 Å². The van der Waals surface area contributed by atoms with E-state index in [0.29, 0.717) is 18.8 Å². The summed E-state index contributed by atoms with van der Waals surface area (Å²) in [6, 6.07) is 3.16. The molecular weight excluding hydrogens is 348 g/mol. The van der Waals surface area contributed by atoms with Gasteiger partial charge in [-0.15, -0.1) is 0 Å². The van der Waals surface area contributed by atoms with Crippen molar-refractivity contribution < 1.29 is 14.1 Å². The van der Waals surface area contributed by atoms with Gasteiger partial charge < -0.3 is 9.42 Å². The van der Waals surface area contributed by atoms with Gasteiger partial charge >= 0.3 is 6.01 Å². The van der Waals surface area contributed by atoms with Crippen molar-refractivity contribution in [3.8, 4) is 11.4 Å². The number of pyridine rings is 1. The van der Waals surface area contributed by atoms with Crippen LogP contribution in [0.1, 0.15) is 38.5 Å². The number of hydrazine groups is 1. The van der Waals surface area contributed by atoms with Gasteiger partial charge in [-0.05, 0) is 37.8 Å². The SMILES string of the molecule is O=C(NNc1nc(-c2ccncc2)no1)C1CCCN1C(=O)C1CCCC1. The van der Waals surface area contributed by atoms with Crippen molar-refractivity contribution in [3.63, 3.8) is 0 Å². The van der Waals surface area contributed by atoms with Crippen LogP contribution in [0.4, 0.5) is 6.01 Å². The number of likely N-dealkylation sites (tertiary alicyclic amines) is 1. The second kappa shape index (κ2) is 7.73. The van der Waals surface area contributed by atoms with Crippen LogP contribution in [-0.4, -0.2) is 44.4 Å². The van der Waals surface area contributed by atoms with Crippen molar-refractivity contribution in [3.05, 3.63) is 24.5 Å². The third-order valence-corrected chi connectivity index (χ3v) is 5.20. The van der Waals surface area contributed by atoms with Crippen molar-refractivity contribution in [2.45, 2.75) is 44.6 Å². The molecule has 2 aliphatic rings. The molecule has 9 heteroatoms. The van der Waals surface area contributed by atoms with Gasteiger partial charge in [0.2, 0.25) is 11.7 Å². The molecule has 142 valence electrons. The van der Waals surface area contributed by atoms with Gasteiger partial charge in [0.15, 0.2) is 0 Å². The summed E-state index contributed by atoms with van der Waals surface area (Å²) in [6.45, 7) is 0.639. The third kappa shape index (κ3) is 3.76. The minimum Gasteiger partial charge on any atom is -0.330 e. The van der Waals surface area contributed by atoms with E-state index in [0.717, 1.165) is 37.7 Å². The van der Waals surface area contributed by atoms with E-state index in [-0.39, 0.29) is 23.7 Å². The maximum absolute atomic E-state index is 12.7. The number of hydrogen-bond acceptors (Lipinski definition) is 7. The number of amides is 2. The number of anilines is 1. The van der Waals surface area contributed by atoms with E-state index in [4.69, 9.17) is 4.52 Å². The van der Waals surface area contributed by atoms with Crippen molar-refractivity contribution in [2.75, 3.05) is 12.0 Å². The quantitative estimate of drug-likeness (QED) is 0.771. The van der Waals surface area contributed by atoms with Crippen LogP contribution in [0, 0.1) is 5.92 Å². The van der Waals surface area contributed by atoms with Crippen LogP contribution in [0.5, 0.6) is 0 Å². The van der Waals surface area contributed by atoms with E-state index in [1.807, 2.05) is 0 Å². The molecule has 0 bridgehead atoms. The lowest BCUT2D eigenvalue weighted by atomic mass is 10.1. The van der Waals surface area contributed by atoms with Crippen molar-refractivity contribution in [1.82, 2.24) is 25.5 Å². The van der Waals surface area contributed by atoms with E-state index in [9.17, 15) is 9.59 Å². The van der Waals surface area contributed by atoms with Crippen molar-refractivity contribution in [1.29, 1.82) is 0 Å². The Morgan fingerprint density at radius 1 is 1.11 bits per heavy atom. The highest BCUT2D eigenvalue weighted by molar-refractivity contribution is 5.89. The lowest BCUT2D eigenvalue weighted by Gasteiger charge is -2.26. The first-order chi connectivity index (χ1) is 13.2. The zero-order valence-electron chi connectivity index (χ0n) is 14.9. The molecule has 2 N–H and O–H groups in total. The maximum Gasteiger partial charge on any atom is 0.340 e. The largest absolute Gasteiger partial charge is 0.340 e. The number of nitrogens with zero attached hydrogens (tertiary/aromatic N) is 4. The van der Waals surface area contributed by atoms with E-state index in [2.05, 4.69) is 26.0 Å². The van der Waals surface area contributed by atoms with Crippen LogP contribution in [0.15, 0.2) is 29.0 Å². The first-order valence-electron chi connectivity index (χ1n) is 9.33. The molecule has 1 unspecified atom stereocenters. The molecule has 2 aromatic rings. The summed E-state index contributed by atoms with van der Waals surface area (Å²) >= 11 is 0. The van der Waals surface area contributed by atoms with Gasteiger partial charge in [-0.3, -0.25) is 20.0 Å². The fourth-order valence-electron chi connectivity index (χ4n) is 3.80. The topological polar surface area (TPSA) is 113 Å². The van der Waals surface area contributed by atoms with Crippen LogP contribution in [0.2, 0.25) is 0 Å². The van der Waals surface area contributed by atoms with Crippen LogP contribution >= 0.6 is 0 Å². The Morgan fingerprint density at radius 2 is 1.89 bits per heavy atom. The molecule has 2 fully saturated rings. The zero-order chi connectivity index (χ0) is 18.6. The average molecular weight is 370 g/mol. The van der Waals surface area contributed by atoms with Gasteiger partial charge in [0.25, 0.3) is 5.91 Å². The summed E-state index contributed by atoms with van der Waals surface area (Å²) < 4.78 is 5.10. The molecule has 1 saturated carbocycles. The summed E-state index contributed by atoms with van der Waals surface area (Å²) in [4.78, 5) is 35.1. The molecule has 1 aliphatic carbocycles. The zero-order valence-corrected chi connectivity index (χ0v) is 14.9. The van der Waals surface area contributed by atoms with Gasteiger partial charge in [0.1, 0.15) is 6.04 Å². The number of carbonyl (C=O) groups excluding carboxylic acids is 2. The van der Waals surface area contributed by atoms with Gasteiger partial charge in [0.05, 0.1) is 0 Å². The highest BCUT2D eigenvalue weighted by Gasteiger charge is 2.37. The average Bonchev–Trinajstić information content (AvgIpc) is 3.47. The second-order valence-electron chi connectivity index (χ2n) is 6.94. The minimum absolute atomic E-state index is 0.0743. The molecule has 1 aliphatic heterocycles. The molecule has 27 heavy (non-hydrogen) atoms. The molecule has 2 amide bonds. The Bertz CT molecular complexity index is 802. The predicted octanol–water partition coefficient (Wildman–Crippen LogP) is 1.76. The summed E-state index contributed by atoms with van der Waals surface area (Å²) in [7, 11) is 0. The third-order valence-electron chi connectivity index (χ3n) is 5.20. The van der Waals surface area contributed by atoms with Crippen LogP contribution < -0.4 is 10.9 Å². The van der Waals surface area contributed by atoms with Crippen LogP contribution in [-0.2, 0) is 9.59 Å². The van der Waals surface area contributed by atoms with Gasteiger partial charge in [-0.2, -0.15) is 4.98 Å². The lowest BCUT2D eigenvalue weighted by molar-refractivity contribution is -0.141. The molecule has 0 aromatic carbocycles. The summed E-state index contributed by atoms with van der Waals surface area (Å²) in [6.07, 6.45) is 8.83. The summed E-state index contributed by atoms with van der Waals surface area (Å²) in [5, 5.41) is 3.87. The van der Waals surface area contributed by atoms with Gasteiger partial charge in [0, 0.05) is 30.4 Å². The Morgan fingerprint density at radius 3 is 2.67 bits per heavy atom. The molecule has 9 nitrogen and oxygen atoms in total. The smallest absolute Gasteiger partial charge is 0.330 e. The van der Waals surface area contributed by atoms with Gasteiger partial charge in [-0.25, -0.2) is 5.43 Å². The van der Waals surface area contributed by atoms with E-state index < -0.39 is 6.04 Å². The Hall–Kier alpha value is -2.97. The maximum atomic E-state index is 12.7. The molecular formula is C18H22N6O3. The second-order valence-corrected chi connectivity index (χ2v) is 6.94. The monoisotopic (exact) mass is 370 g/mol. The Kier molecular flexibility index (Phi) is 4.99. The Labute approximate surface area is 156 Å². The normalized spacial score (nSPS) is 20.0. The fourth-order valence-corrected chi connectivity index (χ4v) is 3.80. The van der Waals surface area contributed by atoms with Crippen molar-refractivity contribution >= 4 is 17.8 Å². The van der Waals surface area contributed by atoms with E-state index in [1.54, 1.807) is 29.4 Å². The molecule has 3 heterocycles. The molecule has 0 radical (unpaired) electrons. The number of nitrogens with one attached hydrogen (secondary N) is 2. The Balaban J connectivity index is 1.35. The molecule has 2 aromatic heterocycles. The molecule has 4 rings (SSSR count). The number of aromatic nitrogens is 3.